The van der Waals surface area contributed by atoms with Crippen LogP contribution in [0.25, 0.3) is 10.8 Å². The summed E-state index contributed by atoms with van der Waals surface area (Å²) in [6.07, 6.45) is 0.309. The van der Waals surface area contributed by atoms with Crippen molar-refractivity contribution in [1.29, 1.82) is 0 Å². The minimum Gasteiger partial charge on any atom is -0.388 e. The monoisotopic (exact) mass is 611 g/mol. The van der Waals surface area contributed by atoms with Crippen LogP contribution in [-0.4, -0.2) is 24.0 Å². The van der Waals surface area contributed by atoms with Crippen LogP contribution in [0.5, 0.6) is 0 Å². The lowest BCUT2D eigenvalue weighted by molar-refractivity contribution is -0.140. The van der Waals surface area contributed by atoms with Gasteiger partial charge in [0.25, 0.3) is 0 Å². The molecule has 9 heteroatoms. The molecular weight excluding hydrogens is 585 g/mol. The van der Waals surface area contributed by atoms with Gasteiger partial charge in [-0.2, -0.15) is 0 Å². The van der Waals surface area contributed by atoms with E-state index < -0.39 is 24.0 Å². The van der Waals surface area contributed by atoms with Crippen molar-refractivity contribution in [3.05, 3.63) is 142 Å². The third-order valence-electron chi connectivity index (χ3n) is 6.71. The molecule has 0 aliphatic heterocycles. The molecule has 0 saturated heterocycles. The number of nitrogens with one attached hydrogen (secondary N) is 3. The van der Waals surface area contributed by atoms with Crippen LogP contribution in [0.2, 0.25) is 10.0 Å². The molecule has 0 heterocycles. The molecular formula is C34H27Cl2N3O4. The van der Waals surface area contributed by atoms with E-state index in [1.165, 1.54) is 0 Å². The van der Waals surface area contributed by atoms with E-state index in [2.05, 4.69) is 16.0 Å². The van der Waals surface area contributed by atoms with E-state index in [0.717, 1.165) is 21.9 Å². The molecule has 5 aromatic carbocycles. The minimum absolute atomic E-state index is 0.00831. The SMILES string of the molecule is O=C(Nc1cc2ccccc2cc1C(=O)OC(=O)[C@H](Cc1ccccc1)NCc1ccccc1)Nc1c(Cl)cccc1Cl. The van der Waals surface area contributed by atoms with Gasteiger partial charge in [0.05, 0.1) is 27.0 Å². The van der Waals surface area contributed by atoms with Gasteiger partial charge in [0, 0.05) is 6.54 Å². The van der Waals surface area contributed by atoms with E-state index in [9.17, 15) is 14.4 Å². The first-order chi connectivity index (χ1) is 20.9. The molecule has 0 unspecified atom stereocenters. The first-order valence-electron chi connectivity index (χ1n) is 13.5. The zero-order chi connectivity index (χ0) is 30.2. The number of hydrogen-bond acceptors (Lipinski definition) is 5. The Morgan fingerprint density at radius 2 is 1.26 bits per heavy atom. The maximum absolute atomic E-state index is 13.5. The van der Waals surface area contributed by atoms with Gasteiger partial charge in [0.15, 0.2) is 0 Å². The Morgan fingerprint density at radius 3 is 1.91 bits per heavy atom. The quantitative estimate of drug-likeness (QED) is 0.116. The van der Waals surface area contributed by atoms with Gasteiger partial charge in [-0.15, -0.1) is 0 Å². The molecule has 0 aliphatic carbocycles. The van der Waals surface area contributed by atoms with E-state index in [0.29, 0.717) is 13.0 Å². The summed E-state index contributed by atoms with van der Waals surface area (Å²) < 4.78 is 5.43. The van der Waals surface area contributed by atoms with E-state index in [4.69, 9.17) is 27.9 Å². The first kappa shape index (κ1) is 29.8. The molecule has 0 aliphatic rings. The second kappa shape index (κ2) is 14.0. The van der Waals surface area contributed by atoms with Gasteiger partial charge in [0.2, 0.25) is 0 Å². The Kier molecular flexibility index (Phi) is 9.69. The zero-order valence-electron chi connectivity index (χ0n) is 22.9. The van der Waals surface area contributed by atoms with Crippen LogP contribution in [-0.2, 0) is 22.5 Å². The highest BCUT2D eigenvalue weighted by Gasteiger charge is 2.26. The maximum atomic E-state index is 13.5. The molecule has 0 bridgehead atoms. The molecule has 5 rings (SSSR count). The number of fused-ring (bicyclic) bond motifs is 1. The van der Waals surface area contributed by atoms with Crippen LogP contribution in [0.15, 0.2) is 115 Å². The number of urea groups is 1. The lowest BCUT2D eigenvalue weighted by Crippen LogP contribution is -2.40. The second-order valence-electron chi connectivity index (χ2n) is 9.74. The van der Waals surface area contributed by atoms with Crippen LogP contribution in [0.3, 0.4) is 0 Å². The lowest BCUT2D eigenvalue weighted by Gasteiger charge is -2.18. The zero-order valence-corrected chi connectivity index (χ0v) is 24.4. The third-order valence-corrected chi connectivity index (χ3v) is 7.34. The molecule has 0 aromatic heterocycles. The van der Waals surface area contributed by atoms with Crippen molar-refractivity contribution in [2.45, 2.75) is 19.0 Å². The number of amides is 2. The van der Waals surface area contributed by atoms with Crippen LogP contribution in [0.4, 0.5) is 16.2 Å². The van der Waals surface area contributed by atoms with Crippen molar-refractivity contribution in [2.75, 3.05) is 10.6 Å². The van der Waals surface area contributed by atoms with Gasteiger partial charge >= 0.3 is 18.0 Å². The molecule has 0 fully saturated rings. The summed E-state index contributed by atoms with van der Waals surface area (Å²) in [4.78, 5) is 39.9. The minimum atomic E-state index is -0.901. The van der Waals surface area contributed by atoms with Crippen LogP contribution in [0.1, 0.15) is 21.5 Å². The molecule has 216 valence electrons. The van der Waals surface area contributed by atoms with Crippen molar-refractivity contribution in [1.82, 2.24) is 5.32 Å². The van der Waals surface area contributed by atoms with Crippen molar-refractivity contribution < 1.29 is 19.1 Å². The summed E-state index contributed by atoms with van der Waals surface area (Å²) in [5.74, 6) is -1.64. The molecule has 0 saturated carbocycles. The smallest absolute Gasteiger partial charge is 0.347 e. The fourth-order valence-corrected chi connectivity index (χ4v) is 5.03. The summed E-state index contributed by atoms with van der Waals surface area (Å²) in [6.45, 7) is 0.398. The normalized spacial score (nSPS) is 11.5. The maximum Gasteiger partial charge on any atom is 0.347 e. The van der Waals surface area contributed by atoms with E-state index >= 15 is 0 Å². The number of esters is 2. The van der Waals surface area contributed by atoms with Gasteiger partial charge in [-0.3, -0.25) is 0 Å². The van der Waals surface area contributed by atoms with Crippen LogP contribution < -0.4 is 16.0 Å². The summed E-state index contributed by atoms with van der Waals surface area (Å²) in [5.41, 5.74) is 2.26. The molecule has 5 aromatic rings. The average molecular weight is 613 g/mol. The molecule has 0 radical (unpaired) electrons. The highest BCUT2D eigenvalue weighted by molar-refractivity contribution is 6.39. The Balaban J connectivity index is 1.38. The number of anilines is 2. The number of rotatable bonds is 9. The number of benzene rings is 5. The standard InChI is InChI=1S/C34H27Cl2N3O4/c35-27-16-9-17-28(36)31(27)39-34(42)38-29-20-25-15-8-7-14-24(25)19-26(29)32(40)43-33(41)30(18-22-10-3-1-4-11-22)37-21-23-12-5-2-6-13-23/h1-17,19-20,30,37H,18,21H2,(H2,38,39,42)/t30-/m0/s1. The summed E-state index contributed by atoms with van der Waals surface area (Å²) in [5, 5.41) is 10.5. The number of para-hydroxylation sites is 1. The van der Waals surface area contributed by atoms with Gasteiger partial charge in [-0.25, -0.2) is 14.4 Å². The van der Waals surface area contributed by atoms with Crippen molar-refractivity contribution in [3.8, 4) is 0 Å². The van der Waals surface area contributed by atoms with Gasteiger partial charge < -0.3 is 20.7 Å². The second-order valence-corrected chi connectivity index (χ2v) is 10.6. The highest BCUT2D eigenvalue weighted by atomic mass is 35.5. The highest BCUT2D eigenvalue weighted by Crippen LogP contribution is 2.31. The molecule has 7 nitrogen and oxygen atoms in total. The molecule has 43 heavy (non-hydrogen) atoms. The molecule has 0 spiro atoms. The Morgan fingerprint density at radius 1 is 0.674 bits per heavy atom. The van der Waals surface area contributed by atoms with Crippen molar-refractivity contribution in [3.63, 3.8) is 0 Å². The third kappa shape index (κ3) is 7.78. The number of carbonyl (C=O) groups excluding carboxylic acids is 3. The molecule has 1 atom stereocenters. The van der Waals surface area contributed by atoms with Crippen molar-refractivity contribution >= 4 is 63.3 Å². The van der Waals surface area contributed by atoms with Crippen LogP contribution in [0, 0.1) is 0 Å². The number of carbonyl (C=O) groups is 3. The van der Waals surface area contributed by atoms with Gasteiger partial charge in [-0.1, -0.05) is 114 Å². The van der Waals surface area contributed by atoms with E-state index in [1.54, 1.807) is 30.3 Å². The largest absolute Gasteiger partial charge is 0.388 e. The lowest BCUT2D eigenvalue weighted by atomic mass is 10.0. The number of halogens is 2. The summed E-state index contributed by atoms with van der Waals surface area (Å²) >= 11 is 12.4. The topological polar surface area (TPSA) is 96.5 Å². The Hall–Kier alpha value is -4.69. The fraction of sp³-hybridized carbons (Fsp3) is 0.0882. The summed E-state index contributed by atoms with van der Waals surface area (Å²) in [7, 11) is 0. The van der Waals surface area contributed by atoms with Gasteiger partial charge in [0.1, 0.15) is 6.04 Å². The average Bonchev–Trinajstić information content (AvgIpc) is 3.01. The number of hydrogen-bond donors (Lipinski definition) is 3. The Labute approximate surface area is 258 Å². The predicted molar refractivity (Wildman–Crippen MR) is 171 cm³/mol. The predicted octanol–water partition coefficient (Wildman–Crippen LogP) is 7.88. The molecule has 3 N–H and O–H groups in total. The number of ether oxygens (including phenoxy) is 1. The van der Waals surface area contributed by atoms with Gasteiger partial charge in [-0.05, 0) is 52.6 Å². The van der Waals surface area contributed by atoms with Crippen molar-refractivity contribution in [2.24, 2.45) is 0 Å². The molecule has 2 amide bonds. The fourth-order valence-electron chi connectivity index (χ4n) is 4.54. The van der Waals surface area contributed by atoms with E-state index in [-0.39, 0.29) is 27.0 Å². The van der Waals surface area contributed by atoms with Crippen LogP contribution >= 0.6 is 23.2 Å². The summed E-state index contributed by atoms with van der Waals surface area (Å²) in [6, 6.07) is 33.0. The van der Waals surface area contributed by atoms with E-state index in [1.807, 2.05) is 84.9 Å². The first-order valence-corrected chi connectivity index (χ1v) is 14.2. The Bertz CT molecular complexity index is 1740.